The Morgan fingerprint density at radius 1 is 1.43 bits per heavy atom. The SMILES string of the molecule is COC(=O)/C(C)=C\c1ccccc1Br. The van der Waals surface area contributed by atoms with Gasteiger partial charge in [0.25, 0.3) is 0 Å². The van der Waals surface area contributed by atoms with Crippen molar-refractivity contribution in [1.82, 2.24) is 0 Å². The van der Waals surface area contributed by atoms with Crippen LogP contribution in [0, 0.1) is 0 Å². The largest absolute Gasteiger partial charge is 0.466 e. The van der Waals surface area contributed by atoms with Crippen molar-refractivity contribution in [3.8, 4) is 0 Å². The summed E-state index contributed by atoms with van der Waals surface area (Å²) < 4.78 is 5.56. The second-order valence-electron chi connectivity index (χ2n) is 2.84. The zero-order valence-corrected chi connectivity index (χ0v) is 9.67. The molecule has 0 aliphatic rings. The van der Waals surface area contributed by atoms with Crippen LogP contribution in [0.3, 0.4) is 0 Å². The number of ether oxygens (including phenoxy) is 1. The number of hydrogen-bond donors (Lipinski definition) is 0. The molecule has 3 heteroatoms. The molecular formula is C11H11BrO2. The van der Waals surface area contributed by atoms with Crippen molar-refractivity contribution in [1.29, 1.82) is 0 Å². The molecule has 14 heavy (non-hydrogen) atoms. The number of carbonyl (C=O) groups excluding carboxylic acids is 1. The third kappa shape index (κ3) is 2.70. The molecule has 1 aromatic carbocycles. The van der Waals surface area contributed by atoms with Crippen molar-refractivity contribution in [3.63, 3.8) is 0 Å². The highest BCUT2D eigenvalue weighted by molar-refractivity contribution is 9.10. The molecule has 2 nitrogen and oxygen atoms in total. The molecule has 0 aromatic heterocycles. The lowest BCUT2D eigenvalue weighted by Crippen LogP contribution is -2.00. The van der Waals surface area contributed by atoms with Crippen molar-refractivity contribution < 1.29 is 9.53 Å². The predicted octanol–water partition coefficient (Wildman–Crippen LogP) is 3.03. The van der Waals surface area contributed by atoms with Gasteiger partial charge in [-0.1, -0.05) is 34.1 Å². The molecule has 0 saturated heterocycles. The van der Waals surface area contributed by atoms with Gasteiger partial charge in [-0.3, -0.25) is 0 Å². The van der Waals surface area contributed by atoms with Crippen LogP contribution in [0.1, 0.15) is 12.5 Å². The third-order valence-corrected chi connectivity index (χ3v) is 2.51. The van der Waals surface area contributed by atoms with Gasteiger partial charge in [-0.2, -0.15) is 0 Å². The van der Waals surface area contributed by atoms with E-state index in [0.717, 1.165) is 10.0 Å². The van der Waals surface area contributed by atoms with Gasteiger partial charge >= 0.3 is 5.97 Å². The Labute approximate surface area is 91.7 Å². The van der Waals surface area contributed by atoms with Crippen molar-refractivity contribution >= 4 is 28.0 Å². The number of rotatable bonds is 2. The lowest BCUT2D eigenvalue weighted by Gasteiger charge is -2.00. The number of esters is 1. The topological polar surface area (TPSA) is 26.3 Å². The normalized spacial score (nSPS) is 11.2. The lowest BCUT2D eigenvalue weighted by atomic mass is 10.1. The fourth-order valence-electron chi connectivity index (χ4n) is 1.05. The van der Waals surface area contributed by atoms with Gasteiger partial charge in [0.05, 0.1) is 7.11 Å². The average Bonchev–Trinajstić information content (AvgIpc) is 2.20. The summed E-state index contributed by atoms with van der Waals surface area (Å²) in [4.78, 5) is 11.1. The number of benzene rings is 1. The molecule has 74 valence electrons. The van der Waals surface area contributed by atoms with E-state index in [4.69, 9.17) is 0 Å². The molecule has 0 spiro atoms. The Morgan fingerprint density at radius 2 is 2.07 bits per heavy atom. The van der Waals surface area contributed by atoms with E-state index in [1.54, 1.807) is 13.0 Å². The Hall–Kier alpha value is -1.09. The summed E-state index contributed by atoms with van der Waals surface area (Å²) in [6, 6.07) is 7.70. The molecule has 0 aliphatic heterocycles. The molecule has 0 saturated carbocycles. The summed E-state index contributed by atoms with van der Waals surface area (Å²) in [5.41, 5.74) is 1.55. The number of hydrogen-bond acceptors (Lipinski definition) is 2. The first-order valence-electron chi connectivity index (χ1n) is 4.16. The fourth-order valence-corrected chi connectivity index (χ4v) is 1.44. The van der Waals surface area contributed by atoms with E-state index in [-0.39, 0.29) is 5.97 Å². The molecule has 0 N–H and O–H groups in total. The summed E-state index contributed by atoms with van der Waals surface area (Å²) in [7, 11) is 1.37. The number of carbonyl (C=O) groups is 1. The summed E-state index contributed by atoms with van der Waals surface area (Å²) in [5, 5.41) is 0. The van der Waals surface area contributed by atoms with Crippen LogP contribution in [0.2, 0.25) is 0 Å². The summed E-state index contributed by atoms with van der Waals surface area (Å²) in [6.07, 6.45) is 1.79. The van der Waals surface area contributed by atoms with E-state index in [9.17, 15) is 4.79 Å². The molecule has 0 amide bonds. The Kier molecular flexibility index (Phi) is 3.89. The van der Waals surface area contributed by atoms with E-state index >= 15 is 0 Å². The maximum atomic E-state index is 11.1. The molecule has 0 bridgehead atoms. The molecule has 1 aromatic rings. The second kappa shape index (κ2) is 4.96. The maximum absolute atomic E-state index is 11.1. The Balaban J connectivity index is 2.97. The van der Waals surface area contributed by atoms with Crippen LogP contribution in [0.4, 0.5) is 0 Å². The highest BCUT2D eigenvalue weighted by Crippen LogP contribution is 2.18. The van der Waals surface area contributed by atoms with Crippen LogP contribution in [-0.2, 0) is 9.53 Å². The van der Waals surface area contributed by atoms with E-state index in [1.165, 1.54) is 7.11 Å². The highest BCUT2D eigenvalue weighted by atomic mass is 79.9. The van der Waals surface area contributed by atoms with Crippen LogP contribution >= 0.6 is 15.9 Å². The van der Waals surface area contributed by atoms with E-state index in [1.807, 2.05) is 24.3 Å². The molecule has 0 heterocycles. The van der Waals surface area contributed by atoms with E-state index in [2.05, 4.69) is 20.7 Å². The second-order valence-corrected chi connectivity index (χ2v) is 3.69. The Bertz CT molecular complexity index is 369. The van der Waals surface area contributed by atoms with Crippen LogP contribution < -0.4 is 0 Å². The van der Waals surface area contributed by atoms with Gasteiger partial charge in [0.2, 0.25) is 0 Å². The van der Waals surface area contributed by atoms with Gasteiger partial charge in [-0.15, -0.1) is 0 Å². The molecule has 0 fully saturated rings. The molecule has 0 radical (unpaired) electrons. The molecule has 0 unspecified atom stereocenters. The van der Waals surface area contributed by atoms with Crippen LogP contribution in [0.25, 0.3) is 6.08 Å². The fraction of sp³-hybridized carbons (Fsp3) is 0.182. The van der Waals surface area contributed by atoms with Crippen LogP contribution in [0.5, 0.6) is 0 Å². The zero-order chi connectivity index (χ0) is 10.6. The van der Waals surface area contributed by atoms with E-state index in [0.29, 0.717) is 5.57 Å². The first-order valence-corrected chi connectivity index (χ1v) is 4.95. The maximum Gasteiger partial charge on any atom is 0.333 e. The monoisotopic (exact) mass is 254 g/mol. The predicted molar refractivity (Wildman–Crippen MR) is 59.8 cm³/mol. The minimum atomic E-state index is -0.305. The van der Waals surface area contributed by atoms with Crippen molar-refractivity contribution in [3.05, 3.63) is 39.9 Å². The van der Waals surface area contributed by atoms with Crippen molar-refractivity contribution in [2.24, 2.45) is 0 Å². The lowest BCUT2D eigenvalue weighted by molar-refractivity contribution is -0.135. The van der Waals surface area contributed by atoms with Crippen LogP contribution in [-0.4, -0.2) is 13.1 Å². The quantitative estimate of drug-likeness (QED) is 0.599. The smallest absolute Gasteiger partial charge is 0.333 e. The zero-order valence-electron chi connectivity index (χ0n) is 8.08. The molecule has 0 atom stereocenters. The van der Waals surface area contributed by atoms with Crippen molar-refractivity contribution in [2.75, 3.05) is 7.11 Å². The van der Waals surface area contributed by atoms with Gasteiger partial charge in [-0.25, -0.2) is 4.79 Å². The molecular weight excluding hydrogens is 244 g/mol. The summed E-state index contributed by atoms with van der Waals surface area (Å²) in [5.74, 6) is -0.305. The minimum absolute atomic E-state index is 0.305. The third-order valence-electron chi connectivity index (χ3n) is 1.78. The van der Waals surface area contributed by atoms with Gasteiger partial charge in [-0.05, 0) is 24.6 Å². The average molecular weight is 255 g/mol. The van der Waals surface area contributed by atoms with Crippen LogP contribution in [0.15, 0.2) is 34.3 Å². The summed E-state index contributed by atoms with van der Waals surface area (Å²) >= 11 is 3.40. The van der Waals surface area contributed by atoms with E-state index < -0.39 is 0 Å². The van der Waals surface area contributed by atoms with Gasteiger partial charge in [0.1, 0.15) is 0 Å². The number of halogens is 1. The first kappa shape index (κ1) is 11.0. The summed E-state index contributed by atoms with van der Waals surface area (Å²) in [6.45, 7) is 1.73. The highest BCUT2D eigenvalue weighted by Gasteiger charge is 2.03. The van der Waals surface area contributed by atoms with Gasteiger partial charge in [0.15, 0.2) is 0 Å². The van der Waals surface area contributed by atoms with Crippen molar-refractivity contribution in [2.45, 2.75) is 6.92 Å². The molecule has 1 rings (SSSR count). The van der Waals surface area contributed by atoms with Gasteiger partial charge in [0, 0.05) is 10.0 Å². The number of methoxy groups -OCH3 is 1. The molecule has 0 aliphatic carbocycles. The standard InChI is InChI=1S/C11H11BrO2/c1-8(11(13)14-2)7-9-5-3-4-6-10(9)12/h3-7H,1-2H3/b8-7-. The first-order chi connectivity index (χ1) is 6.65. The Morgan fingerprint density at radius 3 is 2.64 bits per heavy atom. The minimum Gasteiger partial charge on any atom is -0.466 e. The van der Waals surface area contributed by atoms with Gasteiger partial charge < -0.3 is 4.74 Å².